The van der Waals surface area contributed by atoms with Crippen LogP contribution in [0.1, 0.15) is 6.92 Å². The number of nitrogens with one attached hydrogen (secondary N) is 1. The van der Waals surface area contributed by atoms with E-state index in [2.05, 4.69) is 5.32 Å². The summed E-state index contributed by atoms with van der Waals surface area (Å²) in [5.74, 6) is -0.448. The molecule has 1 aliphatic rings. The van der Waals surface area contributed by atoms with Crippen molar-refractivity contribution < 1.29 is 9.31 Å². The number of likely N-dealkylation sites (N-methyl/N-ethyl adjacent to an activating group) is 1. The molecule has 0 aromatic heterocycles. The van der Waals surface area contributed by atoms with Crippen LogP contribution in [0.4, 0.5) is 15.8 Å². The molecule has 0 spiro atoms. The van der Waals surface area contributed by atoms with E-state index in [9.17, 15) is 14.5 Å². The van der Waals surface area contributed by atoms with Crippen molar-refractivity contribution in [3.63, 3.8) is 0 Å². The van der Waals surface area contributed by atoms with Gasteiger partial charge in [0.2, 0.25) is 0 Å². The summed E-state index contributed by atoms with van der Waals surface area (Å²) in [6.45, 7) is 4.09. The molecule has 1 N–H and O–H groups in total. The van der Waals surface area contributed by atoms with Crippen molar-refractivity contribution in [1.82, 2.24) is 5.32 Å². The van der Waals surface area contributed by atoms with E-state index in [1.54, 1.807) is 0 Å². The molecule has 0 radical (unpaired) electrons. The quantitative estimate of drug-likeness (QED) is 0.639. The highest BCUT2D eigenvalue weighted by Gasteiger charge is 2.28. The van der Waals surface area contributed by atoms with E-state index in [0.717, 1.165) is 19.2 Å². The number of hydrogen-bond donors (Lipinski definition) is 1. The molecule has 2 rings (SSSR count). The Morgan fingerprint density at radius 1 is 1.59 bits per heavy atom. The largest absolute Gasteiger partial charge is 0.361 e. The predicted molar refractivity (Wildman–Crippen MR) is 62.7 cm³/mol. The third-order valence-electron chi connectivity index (χ3n) is 2.98. The van der Waals surface area contributed by atoms with Gasteiger partial charge in [-0.1, -0.05) is 0 Å². The molecule has 0 bridgehead atoms. The molecule has 6 heteroatoms. The van der Waals surface area contributed by atoms with Gasteiger partial charge < -0.3 is 10.2 Å². The van der Waals surface area contributed by atoms with E-state index in [1.807, 2.05) is 11.8 Å². The Labute approximate surface area is 98.4 Å². The van der Waals surface area contributed by atoms with Gasteiger partial charge in [0, 0.05) is 31.8 Å². The lowest BCUT2D eigenvalue weighted by atomic mass is 10.1. The number of nitro groups is 1. The molecule has 1 fully saturated rings. The normalized spacial score (nSPS) is 15.4. The summed E-state index contributed by atoms with van der Waals surface area (Å²) >= 11 is 0. The van der Waals surface area contributed by atoms with Crippen molar-refractivity contribution in [1.29, 1.82) is 0 Å². The molecular weight excluding hydrogens is 225 g/mol. The average Bonchev–Trinajstić information content (AvgIpc) is 2.22. The van der Waals surface area contributed by atoms with Crippen molar-refractivity contribution in [2.24, 2.45) is 0 Å². The number of benzene rings is 1. The molecule has 17 heavy (non-hydrogen) atoms. The van der Waals surface area contributed by atoms with E-state index in [4.69, 9.17) is 0 Å². The van der Waals surface area contributed by atoms with Crippen molar-refractivity contribution in [2.75, 3.05) is 24.5 Å². The van der Waals surface area contributed by atoms with Gasteiger partial charge in [0.1, 0.15) is 11.5 Å². The van der Waals surface area contributed by atoms with Crippen LogP contribution < -0.4 is 10.2 Å². The summed E-state index contributed by atoms with van der Waals surface area (Å²) in [6.07, 6.45) is 0. The third-order valence-corrected chi connectivity index (χ3v) is 2.98. The van der Waals surface area contributed by atoms with E-state index in [1.165, 1.54) is 12.1 Å². The van der Waals surface area contributed by atoms with Crippen LogP contribution in [0, 0.1) is 15.9 Å². The first-order valence-electron chi connectivity index (χ1n) is 5.54. The summed E-state index contributed by atoms with van der Waals surface area (Å²) in [4.78, 5) is 12.3. The van der Waals surface area contributed by atoms with Crippen molar-refractivity contribution in [3.05, 3.63) is 34.1 Å². The number of hydrogen-bond acceptors (Lipinski definition) is 4. The Morgan fingerprint density at radius 3 is 2.76 bits per heavy atom. The minimum atomic E-state index is -0.469. The first-order valence-corrected chi connectivity index (χ1v) is 5.54. The lowest BCUT2D eigenvalue weighted by Crippen LogP contribution is -2.57. The smallest absolute Gasteiger partial charge is 0.292 e. The first-order chi connectivity index (χ1) is 8.13. The fraction of sp³-hybridized carbons (Fsp3) is 0.455. The number of nitrogens with zero attached hydrogens (tertiary/aromatic N) is 2. The zero-order chi connectivity index (χ0) is 12.4. The van der Waals surface area contributed by atoms with Crippen molar-refractivity contribution in [2.45, 2.75) is 13.0 Å². The van der Waals surface area contributed by atoms with Gasteiger partial charge in [0.05, 0.1) is 11.0 Å². The van der Waals surface area contributed by atoms with E-state index >= 15 is 0 Å². The van der Waals surface area contributed by atoms with Gasteiger partial charge in [0.25, 0.3) is 5.69 Å². The summed E-state index contributed by atoms with van der Waals surface area (Å²) < 4.78 is 13.2. The molecule has 1 aromatic rings. The molecule has 0 unspecified atom stereocenters. The fourth-order valence-corrected chi connectivity index (χ4v) is 2.00. The molecule has 1 aromatic carbocycles. The molecule has 5 nitrogen and oxygen atoms in total. The molecule has 1 aliphatic heterocycles. The van der Waals surface area contributed by atoms with Crippen molar-refractivity contribution >= 4 is 11.4 Å². The van der Waals surface area contributed by atoms with E-state index < -0.39 is 10.7 Å². The lowest BCUT2D eigenvalue weighted by molar-refractivity contribution is -0.384. The minimum Gasteiger partial charge on any atom is -0.361 e. The molecule has 0 atom stereocenters. The van der Waals surface area contributed by atoms with Gasteiger partial charge in [-0.15, -0.1) is 0 Å². The highest BCUT2D eigenvalue weighted by Crippen LogP contribution is 2.30. The van der Waals surface area contributed by atoms with Crippen LogP contribution in [-0.2, 0) is 0 Å². The molecule has 0 saturated carbocycles. The Kier molecular flexibility index (Phi) is 3.23. The van der Waals surface area contributed by atoms with Crippen molar-refractivity contribution in [3.8, 4) is 0 Å². The zero-order valence-corrected chi connectivity index (χ0v) is 9.52. The maximum atomic E-state index is 13.2. The first kappa shape index (κ1) is 11.8. The molecular formula is C11H14FN3O2. The maximum absolute atomic E-state index is 13.2. The zero-order valence-electron chi connectivity index (χ0n) is 9.52. The second-order valence-electron chi connectivity index (χ2n) is 3.99. The summed E-state index contributed by atoms with van der Waals surface area (Å²) in [5.41, 5.74) is 0.323. The summed E-state index contributed by atoms with van der Waals surface area (Å²) in [5, 5.41) is 14.0. The van der Waals surface area contributed by atoms with Crippen LogP contribution in [0.2, 0.25) is 0 Å². The Bertz CT molecular complexity index is 435. The highest BCUT2D eigenvalue weighted by atomic mass is 19.1. The van der Waals surface area contributed by atoms with Crippen LogP contribution in [0.5, 0.6) is 0 Å². The van der Waals surface area contributed by atoms with Crippen LogP contribution >= 0.6 is 0 Å². The fourth-order valence-electron chi connectivity index (χ4n) is 2.00. The second kappa shape index (κ2) is 4.67. The molecule has 92 valence electrons. The number of nitro benzene ring substituents is 1. The standard InChI is InChI=1S/C11H14FN3O2/c1-2-14(9-6-13-7-9)11-5-8(12)3-4-10(11)15(16)17/h3-5,9,13H,2,6-7H2,1H3. The topological polar surface area (TPSA) is 58.4 Å². The number of anilines is 1. The maximum Gasteiger partial charge on any atom is 0.292 e. The summed E-state index contributed by atoms with van der Waals surface area (Å²) in [6, 6.07) is 3.79. The van der Waals surface area contributed by atoms with Crippen LogP contribution in [-0.4, -0.2) is 30.6 Å². The molecule has 1 heterocycles. The molecule has 0 aliphatic carbocycles. The van der Waals surface area contributed by atoms with Crippen LogP contribution in [0.15, 0.2) is 18.2 Å². The van der Waals surface area contributed by atoms with Crippen LogP contribution in [0.25, 0.3) is 0 Å². The van der Waals surface area contributed by atoms with E-state index in [0.29, 0.717) is 12.2 Å². The SMILES string of the molecule is CCN(c1cc(F)ccc1[N+](=O)[O-])C1CNC1. The monoisotopic (exact) mass is 239 g/mol. The van der Waals surface area contributed by atoms with Gasteiger partial charge >= 0.3 is 0 Å². The number of halogens is 1. The Hall–Kier alpha value is -1.69. The summed E-state index contributed by atoms with van der Waals surface area (Å²) in [7, 11) is 0. The number of rotatable bonds is 4. The highest BCUT2D eigenvalue weighted by molar-refractivity contribution is 5.64. The van der Waals surface area contributed by atoms with Gasteiger partial charge in [-0.2, -0.15) is 0 Å². The average molecular weight is 239 g/mol. The van der Waals surface area contributed by atoms with Gasteiger partial charge in [-0.3, -0.25) is 10.1 Å². The van der Waals surface area contributed by atoms with Gasteiger partial charge in [-0.25, -0.2) is 4.39 Å². The Balaban J connectivity index is 2.39. The van der Waals surface area contributed by atoms with Gasteiger partial charge in [0.15, 0.2) is 0 Å². The van der Waals surface area contributed by atoms with Crippen LogP contribution in [0.3, 0.4) is 0 Å². The molecule has 0 amide bonds. The minimum absolute atomic E-state index is 0.0415. The Morgan fingerprint density at radius 2 is 2.29 bits per heavy atom. The molecule has 1 saturated heterocycles. The second-order valence-corrected chi connectivity index (χ2v) is 3.99. The van der Waals surface area contributed by atoms with Gasteiger partial charge in [-0.05, 0) is 13.0 Å². The predicted octanol–water partition coefficient (Wildman–Crippen LogP) is 1.53. The lowest BCUT2D eigenvalue weighted by Gasteiger charge is -2.38. The van der Waals surface area contributed by atoms with E-state index in [-0.39, 0.29) is 11.7 Å². The third kappa shape index (κ3) is 2.21.